The highest BCUT2D eigenvalue weighted by molar-refractivity contribution is 5.91. The number of rotatable bonds is 4. The molecule has 0 aliphatic carbocycles. The van der Waals surface area contributed by atoms with E-state index in [0.29, 0.717) is 12.4 Å². The van der Waals surface area contributed by atoms with Gasteiger partial charge in [0.05, 0.1) is 5.52 Å². The van der Waals surface area contributed by atoms with Crippen molar-refractivity contribution in [3.8, 4) is 23.3 Å². The van der Waals surface area contributed by atoms with Gasteiger partial charge in [0.15, 0.2) is 0 Å². The van der Waals surface area contributed by atoms with Crippen molar-refractivity contribution in [2.24, 2.45) is 5.92 Å². The van der Waals surface area contributed by atoms with Crippen LogP contribution in [0.15, 0.2) is 73.1 Å². The van der Waals surface area contributed by atoms with Gasteiger partial charge >= 0.3 is 6.03 Å². The van der Waals surface area contributed by atoms with Gasteiger partial charge in [0.1, 0.15) is 23.6 Å². The Kier molecular flexibility index (Phi) is 7.18. The minimum Gasteiger partial charge on any atom is -0.457 e. The van der Waals surface area contributed by atoms with E-state index in [-0.39, 0.29) is 11.9 Å². The number of piperidine rings is 1. The Morgan fingerprint density at radius 3 is 2.76 bits per heavy atom. The second-order valence-electron chi connectivity index (χ2n) is 9.08. The molecule has 0 bridgehead atoms. The van der Waals surface area contributed by atoms with E-state index in [1.54, 1.807) is 13.4 Å². The van der Waals surface area contributed by atoms with Crippen LogP contribution >= 0.6 is 0 Å². The highest BCUT2D eigenvalue weighted by atomic mass is 16.5. The van der Waals surface area contributed by atoms with Gasteiger partial charge in [0, 0.05) is 42.7 Å². The van der Waals surface area contributed by atoms with Crippen LogP contribution < -0.4 is 15.4 Å². The van der Waals surface area contributed by atoms with Gasteiger partial charge in [-0.1, -0.05) is 30.0 Å². The number of urea groups is 1. The van der Waals surface area contributed by atoms with E-state index in [9.17, 15) is 4.79 Å². The minimum absolute atomic E-state index is 0.0417. The number of hydrogen-bond acceptors (Lipinski definition) is 5. The molecule has 7 nitrogen and oxygen atoms in total. The topological polar surface area (TPSA) is 79.4 Å². The number of carbonyl (C=O) groups excluding carboxylic acids is 1. The van der Waals surface area contributed by atoms with Crippen molar-refractivity contribution in [3.63, 3.8) is 0 Å². The second kappa shape index (κ2) is 11.0. The van der Waals surface area contributed by atoms with Crippen molar-refractivity contribution in [1.82, 2.24) is 20.2 Å². The van der Waals surface area contributed by atoms with Gasteiger partial charge in [-0.2, -0.15) is 0 Å². The lowest BCUT2D eigenvalue weighted by Crippen LogP contribution is -2.44. The van der Waals surface area contributed by atoms with Crippen LogP contribution in [0.1, 0.15) is 24.0 Å². The van der Waals surface area contributed by atoms with Crippen molar-refractivity contribution in [2.45, 2.75) is 19.8 Å². The minimum atomic E-state index is -0.0417. The number of likely N-dealkylation sites (tertiary alicyclic amines) is 1. The maximum atomic E-state index is 12.0. The van der Waals surface area contributed by atoms with Crippen LogP contribution in [0.25, 0.3) is 10.9 Å². The molecule has 1 fully saturated rings. The number of nitrogens with one attached hydrogen (secondary N) is 2. The van der Waals surface area contributed by atoms with Gasteiger partial charge in [0.2, 0.25) is 0 Å². The number of aryl methyl sites for hydroxylation is 1. The Morgan fingerprint density at radius 1 is 1.08 bits per heavy atom. The van der Waals surface area contributed by atoms with Gasteiger partial charge in [-0.3, -0.25) is 0 Å². The molecule has 7 heteroatoms. The molecule has 0 spiro atoms. The molecule has 186 valence electrons. The maximum Gasteiger partial charge on any atom is 0.317 e. The molecule has 0 radical (unpaired) electrons. The smallest absolute Gasteiger partial charge is 0.317 e. The number of amides is 2. The lowest BCUT2D eigenvalue weighted by molar-refractivity contribution is 0.179. The summed E-state index contributed by atoms with van der Waals surface area (Å²) in [5, 5.41) is 7.03. The Bertz CT molecular complexity index is 1480. The molecule has 0 saturated carbocycles. The normalized spacial score (nSPS) is 15.0. The molecule has 2 N–H and O–H groups in total. The first-order valence-electron chi connectivity index (χ1n) is 12.4. The highest BCUT2D eigenvalue weighted by Crippen LogP contribution is 2.30. The fourth-order valence-corrected chi connectivity index (χ4v) is 4.45. The summed E-state index contributed by atoms with van der Waals surface area (Å²) in [6, 6.07) is 21.6. The summed E-state index contributed by atoms with van der Waals surface area (Å²) in [6.07, 6.45) is 3.51. The number of carbonyl (C=O) groups is 1. The largest absolute Gasteiger partial charge is 0.457 e. The first-order chi connectivity index (χ1) is 18.1. The van der Waals surface area contributed by atoms with Gasteiger partial charge < -0.3 is 20.3 Å². The molecule has 1 unspecified atom stereocenters. The zero-order chi connectivity index (χ0) is 25.6. The van der Waals surface area contributed by atoms with Crippen LogP contribution in [-0.2, 0) is 0 Å². The molecule has 1 aliphatic heterocycles. The van der Waals surface area contributed by atoms with Gasteiger partial charge in [0.25, 0.3) is 0 Å². The predicted octanol–water partition coefficient (Wildman–Crippen LogP) is 5.88. The lowest BCUT2D eigenvalue weighted by Gasteiger charge is -2.29. The zero-order valence-electron chi connectivity index (χ0n) is 21.0. The average Bonchev–Trinajstić information content (AvgIpc) is 2.94. The fraction of sp³-hybridized carbons (Fsp3) is 0.233. The number of hydrogen-bond donors (Lipinski definition) is 2. The molecule has 4 aromatic rings. The molecule has 3 aromatic carbocycles. The summed E-state index contributed by atoms with van der Waals surface area (Å²) in [4.78, 5) is 22.7. The summed E-state index contributed by atoms with van der Waals surface area (Å²) in [7, 11) is 1.66. The summed E-state index contributed by atoms with van der Waals surface area (Å²) >= 11 is 0. The van der Waals surface area contributed by atoms with Crippen LogP contribution in [0, 0.1) is 24.7 Å². The molecule has 1 aromatic heterocycles. The van der Waals surface area contributed by atoms with Crippen LogP contribution in [0.5, 0.6) is 11.5 Å². The molecule has 2 amide bonds. The summed E-state index contributed by atoms with van der Waals surface area (Å²) in [5.41, 5.74) is 3.65. The van der Waals surface area contributed by atoms with E-state index >= 15 is 0 Å². The Hall–Kier alpha value is -4.57. The van der Waals surface area contributed by atoms with E-state index in [4.69, 9.17) is 4.74 Å². The summed E-state index contributed by atoms with van der Waals surface area (Å²) < 4.78 is 6.01. The van der Waals surface area contributed by atoms with Gasteiger partial charge in [-0.15, -0.1) is 0 Å². The Labute approximate surface area is 216 Å². The van der Waals surface area contributed by atoms with Crippen LogP contribution in [0.2, 0.25) is 0 Å². The number of benzene rings is 3. The van der Waals surface area contributed by atoms with E-state index < -0.39 is 0 Å². The summed E-state index contributed by atoms with van der Waals surface area (Å²) in [6.45, 7) is 3.45. The number of anilines is 2. The van der Waals surface area contributed by atoms with Crippen molar-refractivity contribution in [3.05, 3.63) is 84.2 Å². The van der Waals surface area contributed by atoms with E-state index in [0.717, 1.165) is 58.6 Å². The lowest BCUT2D eigenvalue weighted by atomic mass is 9.98. The molecule has 1 saturated heterocycles. The second-order valence-corrected chi connectivity index (χ2v) is 9.08. The van der Waals surface area contributed by atoms with Gasteiger partial charge in [-0.25, -0.2) is 14.8 Å². The number of nitrogens with zero attached hydrogens (tertiary/aromatic N) is 3. The molecular weight excluding hydrogens is 462 g/mol. The third kappa shape index (κ3) is 5.81. The number of para-hydroxylation sites is 1. The first kappa shape index (κ1) is 24.1. The third-order valence-corrected chi connectivity index (χ3v) is 6.39. The Morgan fingerprint density at radius 2 is 1.95 bits per heavy atom. The van der Waals surface area contributed by atoms with E-state index in [1.165, 1.54) is 0 Å². The molecule has 1 aliphatic rings. The standard InChI is InChI=1S/C30H29N5O2/c1-21-17-24(13-15-28(21)37-25-8-4-3-5-9-25)34-29-26-18-22(12-14-27(26)32-20-33-29)10-11-23-7-6-16-35(19-23)30(36)31-2/h3-5,8-9,12-15,17-18,20,23H,6-7,16,19H2,1-2H3,(H,31,36)(H,32,33,34). The average molecular weight is 492 g/mol. The van der Waals surface area contributed by atoms with Crippen LogP contribution in [0.3, 0.4) is 0 Å². The number of fused-ring (bicyclic) bond motifs is 1. The molecule has 5 rings (SSSR count). The van der Waals surface area contributed by atoms with E-state index in [2.05, 4.69) is 32.4 Å². The summed E-state index contributed by atoms with van der Waals surface area (Å²) in [5.74, 6) is 9.16. The molecule has 2 heterocycles. The Balaban J connectivity index is 1.34. The van der Waals surface area contributed by atoms with Gasteiger partial charge in [-0.05, 0) is 73.9 Å². The SMILES string of the molecule is CNC(=O)N1CCCC(C#Cc2ccc3ncnc(Nc4ccc(Oc5ccccc5)c(C)c4)c3c2)C1. The van der Waals surface area contributed by atoms with Crippen molar-refractivity contribution >= 4 is 28.4 Å². The molecule has 1 atom stereocenters. The van der Waals surface area contributed by atoms with Crippen LogP contribution in [-0.4, -0.2) is 41.0 Å². The highest BCUT2D eigenvalue weighted by Gasteiger charge is 2.21. The van der Waals surface area contributed by atoms with E-state index in [1.807, 2.05) is 78.6 Å². The molecular formula is C30H29N5O2. The number of aromatic nitrogens is 2. The van der Waals surface area contributed by atoms with Crippen LogP contribution in [0.4, 0.5) is 16.3 Å². The first-order valence-corrected chi connectivity index (χ1v) is 12.4. The third-order valence-electron chi connectivity index (χ3n) is 6.39. The van der Waals surface area contributed by atoms with Crippen molar-refractivity contribution in [1.29, 1.82) is 0 Å². The quantitative estimate of drug-likeness (QED) is 0.349. The molecule has 37 heavy (non-hydrogen) atoms. The predicted molar refractivity (Wildman–Crippen MR) is 146 cm³/mol. The fourth-order valence-electron chi connectivity index (χ4n) is 4.45. The zero-order valence-corrected chi connectivity index (χ0v) is 21.0. The van der Waals surface area contributed by atoms with Crippen molar-refractivity contribution in [2.75, 3.05) is 25.5 Å². The monoisotopic (exact) mass is 491 g/mol. The van der Waals surface area contributed by atoms with Crippen molar-refractivity contribution < 1.29 is 9.53 Å². The number of ether oxygens (including phenoxy) is 1. The maximum absolute atomic E-state index is 12.0.